The molecule has 1 aromatic carbocycles. The van der Waals surface area contributed by atoms with Crippen LogP contribution in [-0.2, 0) is 35.1 Å². The fraction of sp³-hybridized carbons (Fsp3) is 0.667. The minimum atomic E-state index is -0.124. The number of hydrogen-bond donors (Lipinski definition) is 0. The highest BCUT2D eigenvalue weighted by molar-refractivity contribution is 5.72. The molecule has 2 fully saturated rings. The van der Waals surface area contributed by atoms with Crippen molar-refractivity contribution >= 4 is 5.97 Å². The Kier molecular flexibility index (Phi) is 7.64. The van der Waals surface area contributed by atoms with Crippen molar-refractivity contribution in [2.24, 2.45) is 5.92 Å². The van der Waals surface area contributed by atoms with E-state index >= 15 is 0 Å². The van der Waals surface area contributed by atoms with Crippen molar-refractivity contribution in [1.82, 2.24) is 0 Å². The van der Waals surface area contributed by atoms with E-state index in [1.807, 2.05) is 30.3 Å². The molecule has 1 heterocycles. The van der Waals surface area contributed by atoms with Crippen LogP contribution in [0, 0.1) is 5.92 Å². The fourth-order valence-corrected chi connectivity index (χ4v) is 3.50. The second kappa shape index (κ2) is 10.2. The Bertz CT molecular complexity index is 577. The third kappa shape index (κ3) is 6.57. The maximum absolute atomic E-state index is 12.1. The number of ether oxygens (including phenoxy) is 5. The van der Waals surface area contributed by atoms with Crippen molar-refractivity contribution in [3.63, 3.8) is 0 Å². The van der Waals surface area contributed by atoms with E-state index in [-0.39, 0.29) is 24.1 Å². The lowest BCUT2D eigenvalue weighted by atomic mass is 9.82. The molecule has 0 N–H and O–H groups in total. The molecule has 2 aliphatic rings. The minimum Gasteiger partial charge on any atom is -0.463 e. The number of carbonyl (C=O) groups excluding carboxylic acids is 1. The zero-order valence-corrected chi connectivity index (χ0v) is 16.1. The summed E-state index contributed by atoms with van der Waals surface area (Å²) in [6.45, 7) is 5.42. The Morgan fingerprint density at radius 1 is 1.00 bits per heavy atom. The van der Waals surface area contributed by atoms with Gasteiger partial charge in [-0.05, 0) is 31.7 Å². The van der Waals surface area contributed by atoms with E-state index in [0.717, 1.165) is 24.8 Å². The van der Waals surface area contributed by atoms with Gasteiger partial charge in [0.15, 0.2) is 0 Å². The molecule has 0 spiro atoms. The second-order valence-electron chi connectivity index (χ2n) is 7.33. The molecule has 3 atom stereocenters. The van der Waals surface area contributed by atoms with Gasteiger partial charge in [-0.2, -0.15) is 0 Å². The second-order valence-corrected chi connectivity index (χ2v) is 7.33. The Labute approximate surface area is 161 Å². The van der Waals surface area contributed by atoms with Gasteiger partial charge < -0.3 is 23.7 Å². The maximum atomic E-state index is 12.1. The number of esters is 1. The molecule has 1 aromatic rings. The number of carbonyl (C=O) groups is 1. The zero-order valence-electron chi connectivity index (χ0n) is 16.1. The molecule has 1 saturated heterocycles. The maximum Gasteiger partial charge on any atom is 0.309 e. The van der Waals surface area contributed by atoms with Gasteiger partial charge in [0, 0.05) is 0 Å². The molecule has 27 heavy (non-hydrogen) atoms. The first-order valence-corrected chi connectivity index (χ1v) is 9.79. The molecule has 0 bridgehead atoms. The van der Waals surface area contributed by atoms with Gasteiger partial charge in [0.25, 0.3) is 0 Å². The number of fused-ring (bicyclic) bond motifs is 1. The summed E-state index contributed by atoms with van der Waals surface area (Å²) in [6.07, 6.45) is 2.95. The smallest absolute Gasteiger partial charge is 0.309 e. The molecular weight excluding hydrogens is 348 g/mol. The van der Waals surface area contributed by atoms with Crippen LogP contribution in [0.15, 0.2) is 30.3 Å². The average molecular weight is 378 g/mol. The summed E-state index contributed by atoms with van der Waals surface area (Å²) in [5.41, 5.74) is 1.07. The molecule has 6 heteroatoms. The van der Waals surface area contributed by atoms with Gasteiger partial charge >= 0.3 is 5.97 Å². The van der Waals surface area contributed by atoms with E-state index < -0.39 is 0 Å². The Morgan fingerprint density at radius 2 is 1.67 bits per heavy atom. The summed E-state index contributed by atoms with van der Waals surface area (Å²) in [4.78, 5) is 12.1. The Balaban J connectivity index is 1.10. The normalized spacial score (nSPS) is 26.4. The van der Waals surface area contributed by atoms with E-state index in [1.165, 1.54) is 0 Å². The Hall–Kier alpha value is -1.47. The van der Waals surface area contributed by atoms with E-state index in [2.05, 4.69) is 6.92 Å². The quantitative estimate of drug-likeness (QED) is 0.317. The van der Waals surface area contributed by atoms with E-state index in [4.69, 9.17) is 23.7 Å². The minimum absolute atomic E-state index is 0.0343. The molecule has 0 amide bonds. The third-order valence-electron chi connectivity index (χ3n) is 5.13. The van der Waals surface area contributed by atoms with E-state index in [0.29, 0.717) is 45.7 Å². The lowest BCUT2D eigenvalue weighted by Crippen LogP contribution is -2.29. The van der Waals surface area contributed by atoms with Gasteiger partial charge in [0.05, 0.1) is 57.3 Å². The van der Waals surface area contributed by atoms with Crippen LogP contribution in [0.25, 0.3) is 0 Å². The molecule has 3 unspecified atom stereocenters. The highest BCUT2D eigenvalue weighted by Crippen LogP contribution is 2.49. The van der Waals surface area contributed by atoms with Crippen LogP contribution in [-0.4, -0.2) is 57.3 Å². The fourth-order valence-electron chi connectivity index (χ4n) is 3.50. The molecule has 6 nitrogen and oxygen atoms in total. The van der Waals surface area contributed by atoms with Crippen molar-refractivity contribution in [1.29, 1.82) is 0 Å². The van der Waals surface area contributed by atoms with Crippen LogP contribution in [0.4, 0.5) is 0 Å². The SMILES string of the molecule is CC12CC(C(=O)OCCOCCOCCOCc3ccccc3)CCC1O2. The summed E-state index contributed by atoms with van der Waals surface area (Å²) in [6, 6.07) is 10.0. The van der Waals surface area contributed by atoms with Crippen LogP contribution in [0.3, 0.4) is 0 Å². The lowest BCUT2D eigenvalue weighted by Gasteiger charge is -2.21. The van der Waals surface area contributed by atoms with Gasteiger partial charge in [0.2, 0.25) is 0 Å². The Morgan fingerprint density at radius 3 is 2.37 bits per heavy atom. The van der Waals surface area contributed by atoms with Crippen molar-refractivity contribution < 1.29 is 28.5 Å². The topological polar surface area (TPSA) is 66.5 Å². The summed E-state index contributed by atoms with van der Waals surface area (Å²) in [5, 5.41) is 0. The van der Waals surface area contributed by atoms with Gasteiger partial charge in [-0.3, -0.25) is 4.79 Å². The van der Waals surface area contributed by atoms with Crippen LogP contribution in [0.1, 0.15) is 31.7 Å². The molecular formula is C21H30O6. The molecule has 150 valence electrons. The van der Waals surface area contributed by atoms with Crippen LogP contribution < -0.4 is 0 Å². The van der Waals surface area contributed by atoms with Crippen molar-refractivity contribution in [2.75, 3.05) is 39.6 Å². The molecule has 3 rings (SSSR count). The predicted molar refractivity (Wildman–Crippen MR) is 99.3 cm³/mol. The van der Waals surface area contributed by atoms with Gasteiger partial charge in [-0.25, -0.2) is 0 Å². The van der Waals surface area contributed by atoms with Gasteiger partial charge in [0.1, 0.15) is 6.61 Å². The average Bonchev–Trinajstić information content (AvgIpc) is 3.37. The highest BCUT2D eigenvalue weighted by Gasteiger charge is 2.56. The van der Waals surface area contributed by atoms with Gasteiger partial charge in [-0.1, -0.05) is 30.3 Å². The number of hydrogen-bond acceptors (Lipinski definition) is 6. The van der Waals surface area contributed by atoms with Crippen LogP contribution >= 0.6 is 0 Å². The number of rotatable bonds is 12. The van der Waals surface area contributed by atoms with Gasteiger partial charge in [-0.15, -0.1) is 0 Å². The summed E-state index contributed by atoms with van der Waals surface area (Å²) in [7, 11) is 0. The van der Waals surface area contributed by atoms with Crippen molar-refractivity contribution in [3.8, 4) is 0 Å². The summed E-state index contributed by atoms with van der Waals surface area (Å²) >= 11 is 0. The molecule has 0 radical (unpaired) electrons. The summed E-state index contributed by atoms with van der Waals surface area (Å²) < 4.78 is 27.3. The van der Waals surface area contributed by atoms with Crippen molar-refractivity contribution in [3.05, 3.63) is 35.9 Å². The zero-order chi connectivity index (χ0) is 19.0. The first kappa shape index (κ1) is 20.3. The van der Waals surface area contributed by atoms with E-state index in [1.54, 1.807) is 0 Å². The third-order valence-corrected chi connectivity index (χ3v) is 5.13. The standard InChI is InChI=1S/C21H30O6/c1-21-15-18(7-8-19(21)27-21)20(22)26-14-13-24-10-9-23-11-12-25-16-17-5-3-2-4-6-17/h2-6,18-19H,7-16H2,1H3. The number of epoxide rings is 1. The summed E-state index contributed by atoms with van der Waals surface area (Å²) in [5.74, 6) is -0.159. The number of benzene rings is 1. The first-order chi connectivity index (χ1) is 13.2. The first-order valence-electron chi connectivity index (χ1n) is 9.79. The molecule has 1 saturated carbocycles. The molecule has 0 aromatic heterocycles. The molecule has 1 aliphatic carbocycles. The molecule has 1 aliphatic heterocycles. The largest absolute Gasteiger partial charge is 0.463 e. The predicted octanol–water partition coefficient (Wildman–Crippen LogP) is 2.74. The van der Waals surface area contributed by atoms with Crippen LogP contribution in [0.5, 0.6) is 0 Å². The van der Waals surface area contributed by atoms with Crippen LogP contribution in [0.2, 0.25) is 0 Å². The monoisotopic (exact) mass is 378 g/mol. The lowest BCUT2D eigenvalue weighted by molar-refractivity contribution is -0.151. The highest BCUT2D eigenvalue weighted by atomic mass is 16.6. The van der Waals surface area contributed by atoms with Crippen molar-refractivity contribution in [2.45, 2.75) is 44.5 Å². The van der Waals surface area contributed by atoms with E-state index in [9.17, 15) is 4.79 Å².